The highest BCUT2D eigenvalue weighted by molar-refractivity contribution is 9.10. The van der Waals surface area contributed by atoms with E-state index in [1.165, 1.54) is 0 Å². The van der Waals surface area contributed by atoms with Gasteiger partial charge >= 0.3 is 0 Å². The van der Waals surface area contributed by atoms with E-state index in [2.05, 4.69) is 40.1 Å². The number of hydrogen-bond acceptors (Lipinski definition) is 3. The first kappa shape index (κ1) is 11.3. The summed E-state index contributed by atoms with van der Waals surface area (Å²) >= 11 is 3.33. The number of nitrogens with zero attached hydrogens (tertiary/aromatic N) is 1. The predicted octanol–water partition coefficient (Wildman–Crippen LogP) is 3.03. The molecule has 0 radical (unpaired) electrons. The Labute approximate surface area is 93.2 Å². The quantitative estimate of drug-likeness (QED) is 0.872. The maximum atomic E-state index is 5.82. The molecule has 0 aliphatic heterocycles. The van der Waals surface area contributed by atoms with E-state index < -0.39 is 0 Å². The zero-order valence-electron chi connectivity index (χ0n) is 8.55. The molecule has 4 heteroatoms. The Morgan fingerprint density at radius 1 is 1.50 bits per heavy atom. The minimum Gasteiger partial charge on any atom is -0.396 e. The van der Waals surface area contributed by atoms with E-state index in [4.69, 9.17) is 5.73 Å². The Hall–Kier alpha value is -0.770. The Morgan fingerprint density at radius 3 is 2.64 bits per heavy atom. The number of nitrogen functional groups attached to an aromatic ring is 1. The largest absolute Gasteiger partial charge is 0.396 e. The molecular weight excluding hydrogens is 242 g/mol. The zero-order chi connectivity index (χ0) is 10.6. The van der Waals surface area contributed by atoms with Crippen LogP contribution in [0, 0.1) is 0 Å². The van der Waals surface area contributed by atoms with Gasteiger partial charge in [-0.2, -0.15) is 0 Å². The van der Waals surface area contributed by atoms with Crippen molar-refractivity contribution in [1.82, 2.24) is 4.98 Å². The summed E-state index contributed by atoms with van der Waals surface area (Å²) in [5.41, 5.74) is 6.51. The van der Waals surface area contributed by atoms with Crippen LogP contribution >= 0.6 is 15.9 Å². The Morgan fingerprint density at radius 2 is 2.14 bits per heavy atom. The summed E-state index contributed by atoms with van der Waals surface area (Å²) in [6.07, 6.45) is 3.91. The third-order valence-corrected chi connectivity index (χ3v) is 2.64. The number of hydrogen-bond donors (Lipinski definition) is 2. The van der Waals surface area contributed by atoms with Crippen molar-refractivity contribution < 1.29 is 0 Å². The molecule has 0 spiro atoms. The van der Waals surface area contributed by atoms with Crippen molar-refractivity contribution >= 4 is 27.4 Å². The van der Waals surface area contributed by atoms with Gasteiger partial charge in [-0.15, -0.1) is 0 Å². The van der Waals surface area contributed by atoms with Gasteiger partial charge in [-0.1, -0.05) is 13.8 Å². The second-order valence-corrected chi connectivity index (χ2v) is 4.16. The summed E-state index contributed by atoms with van der Waals surface area (Å²) in [6, 6.07) is 2.31. The third-order valence-electron chi connectivity index (χ3n) is 2.21. The molecular formula is C10H16BrN3. The van der Waals surface area contributed by atoms with Gasteiger partial charge in [0, 0.05) is 16.7 Å². The molecule has 0 saturated heterocycles. The van der Waals surface area contributed by atoms with E-state index >= 15 is 0 Å². The fraction of sp³-hybridized carbons (Fsp3) is 0.500. The van der Waals surface area contributed by atoms with E-state index in [-0.39, 0.29) is 0 Å². The molecule has 0 atom stereocenters. The number of rotatable bonds is 4. The highest BCUT2D eigenvalue weighted by Crippen LogP contribution is 2.21. The van der Waals surface area contributed by atoms with Crippen molar-refractivity contribution in [1.29, 1.82) is 0 Å². The van der Waals surface area contributed by atoms with Crippen molar-refractivity contribution in [2.45, 2.75) is 32.7 Å². The van der Waals surface area contributed by atoms with Gasteiger partial charge in [0.05, 0.1) is 5.69 Å². The van der Waals surface area contributed by atoms with Crippen LogP contribution in [-0.4, -0.2) is 11.0 Å². The highest BCUT2D eigenvalue weighted by atomic mass is 79.9. The second kappa shape index (κ2) is 5.20. The van der Waals surface area contributed by atoms with Gasteiger partial charge < -0.3 is 11.1 Å². The molecule has 0 fully saturated rings. The molecule has 0 bridgehead atoms. The van der Waals surface area contributed by atoms with E-state index in [9.17, 15) is 0 Å². The van der Waals surface area contributed by atoms with Crippen molar-refractivity contribution in [3.63, 3.8) is 0 Å². The summed E-state index contributed by atoms with van der Waals surface area (Å²) in [5, 5.41) is 3.32. The average molecular weight is 258 g/mol. The Balaban J connectivity index is 2.76. The molecule has 3 N–H and O–H groups in total. The number of nitrogens with one attached hydrogen (secondary N) is 1. The lowest BCUT2D eigenvalue weighted by molar-refractivity contribution is 0.669. The molecule has 0 aromatic carbocycles. The zero-order valence-corrected chi connectivity index (χ0v) is 10.1. The molecule has 1 rings (SSSR count). The molecule has 0 amide bonds. The molecule has 0 aliphatic rings. The number of anilines is 2. The fourth-order valence-electron chi connectivity index (χ4n) is 1.26. The van der Waals surface area contributed by atoms with Crippen LogP contribution in [0.1, 0.15) is 26.7 Å². The van der Waals surface area contributed by atoms with E-state index in [0.717, 1.165) is 23.1 Å². The topological polar surface area (TPSA) is 50.9 Å². The summed E-state index contributed by atoms with van der Waals surface area (Å²) in [4.78, 5) is 4.23. The smallest absolute Gasteiger partial charge is 0.149 e. The van der Waals surface area contributed by atoms with E-state index in [1.807, 2.05) is 6.07 Å². The van der Waals surface area contributed by atoms with Crippen LogP contribution in [0.5, 0.6) is 0 Å². The lowest BCUT2D eigenvalue weighted by Gasteiger charge is -2.16. The summed E-state index contributed by atoms with van der Waals surface area (Å²) < 4.78 is 0.907. The van der Waals surface area contributed by atoms with Crippen LogP contribution in [0.15, 0.2) is 16.7 Å². The summed E-state index contributed by atoms with van der Waals surface area (Å²) in [6.45, 7) is 4.30. The summed E-state index contributed by atoms with van der Waals surface area (Å²) in [5.74, 6) is 0.780. The monoisotopic (exact) mass is 257 g/mol. The van der Waals surface area contributed by atoms with Crippen molar-refractivity contribution in [3.05, 3.63) is 16.7 Å². The molecule has 0 saturated carbocycles. The number of halogens is 1. The molecule has 1 heterocycles. The minimum absolute atomic E-state index is 0.450. The van der Waals surface area contributed by atoms with Gasteiger partial charge in [0.1, 0.15) is 5.82 Å². The van der Waals surface area contributed by atoms with Crippen LogP contribution in [0.3, 0.4) is 0 Å². The first-order valence-electron chi connectivity index (χ1n) is 4.84. The van der Waals surface area contributed by atoms with Gasteiger partial charge in [0.15, 0.2) is 0 Å². The van der Waals surface area contributed by atoms with Crippen molar-refractivity contribution in [3.8, 4) is 0 Å². The van der Waals surface area contributed by atoms with Gasteiger partial charge in [-0.3, -0.25) is 0 Å². The van der Waals surface area contributed by atoms with Gasteiger partial charge in [-0.05, 0) is 34.8 Å². The summed E-state index contributed by atoms with van der Waals surface area (Å²) in [7, 11) is 0. The maximum Gasteiger partial charge on any atom is 0.149 e. The number of aromatic nitrogens is 1. The molecule has 78 valence electrons. The highest BCUT2D eigenvalue weighted by Gasteiger charge is 2.06. The lowest BCUT2D eigenvalue weighted by atomic mass is 10.2. The van der Waals surface area contributed by atoms with Gasteiger partial charge in [0.25, 0.3) is 0 Å². The van der Waals surface area contributed by atoms with E-state index in [1.54, 1.807) is 6.20 Å². The molecule has 1 aromatic heterocycles. The standard InChI is InChI=1S/C10H16BrN3/c1-3-8(4-2)14-10-9(12)5-7(11)6-13-10/h5-6,8H,3-4,12H2,1-2H3,(H,13,14). The SMILES string of the molecule is CCC(CC)Nc1ncc(Br)cc1N. The molecule has 1 aromatic rings. The fourth-order valence-corrected chi connectivity index (χ4v) is 1.61. The van der Waals surface area contributed by atoms with Crippen LogP contribution in [-0.2, 0) is 0 Å². The van der Waals surface area contributed by atoms with Crippen LogP contribution in [0.2, 0.25) is 0 Å². The first-order valence-corrected chi connectivity index (χ1v) is 5.64. The molecule has 14 heavy (non-hydrogen) atoms. The van der Waals surface area contributed by atoms with E-state index in [0.29, 0.717) is 11.7 Å². The predicted molar refractivity (Wildman–Crippen MR) is 64.3 cm³/mol. The average Bonchev–Trinajstić information content (AvgIpc) is 2.17. The molecule has 0 unspecified atom stereocenters. The third kappa shape index (κ3) is 2.87. The van der Waals surface area contributed by atoms with Gasteiger partial charge in [0.2, 0.25) is 0 Å². The second-order valence-electron chi connectivity index (χ2n) is 3.25. The van der Waals surface area contributed by atoms with Gasteiger partial charge in [-0.25, -0.2) is 4.98 Å². The Kier molecular flexibility index (Phi) is 4.20. The molecule has 0 aliphatic carbocycles. The van der Waals surface area contributed by atoms with Crippen LogP contribution in [0.25, 0.3) is 0 Å². The maximum absolute atomic E-state index is 5.82. The lowest BCUT2D eigenvalue weighted by Crippen LogP contribution is -2.18. The first-order chi connectivity index (χ1) is 6.67. The molecule has 3 nitrogen and oxygen atoms in total. The van der Waals surface area contributed by atoms with Crippen molar-refractivity contribution in [2.24, 2.45) is 0 Å². The Bertz CT molecular complexity index is 297. The van der Waals surface area contributed by atoms with Crippen LogP contribution < -0.4 is 11.1 Å². The van der Waals surface area contributed by atoms with Crippen molar-refractivity contribution in [2.75, 3.05) is 11.1 Å². The minimum atomic E-state index is 0.450. The number of nitrogens with two attached hydrogens (primary N) is 1. The normalized spacial score (nSPS) is 10.6. The number of pyridine rings is 1. The van der Waals surface area contributed by atoms with Crippen LogP contribution in [0.4, 0.5) is 11.5 Å².